The minimum absolute atomic E-state index is 0.00490. The number of aliphatic hydroxyl groups is 2. The number of aryl methyl sites for hydroxylation is 2. The fraction of sp³-hybridized carbons (Fsp3) is 0.702. The van der Waals surface area contributed by atoms with E-state index in [4.69, 9.17) is 81.6 Å². The van der Waals surface area contributed by atoms with Crippen molar-refractivity contribution in [2.24, 2.45) is 35.5 Å². The first-order chi connectivity index (χ1) is 62.3. The summed E-state index contributed by atoms with van der Waals surface area (Å²) < 4.78 is 91.0. The molecule has 2 bridgehead atoms. The molecule has 9 rings (SSSR count). The number of carbonyl (C=O) groups is 6. The summed E-state index contributed by atoms with van der Waals surface area (Å²) in [5.41, 5.74) is 11.4. The van der Waals surface area contributed by atoms with E-state index in [1.165, 1.54) is 12.0 Å². The number of amides is 2. The third kappa shape index (κ3) is 32.9. The molecule has 4 aromatic heterocycles. The summed E-state index contributed by atoms with van der Waals surface area (Å²) in [5, 5.41) is 41.2. The van der Waals surface area contributed by atoms with Crippen LogP contribution in [0.1, 0.15) is 163 Å². The van der Waals surface area contributed by atoms with Crippen molar-refractivity contribution in [1.29, 1.82) is 0 Å². The first kappa shape index (κ1) is 104. The summed E-state index contributed by atoms with van der Waals surface area (Å²) in [6, 6.07) is 4.57. The number of anilines is 2. The molecule has 129 heavy (non-hydrogen) atoms. The molecular formula is C94H144N12O23. The maximum atomic E-state index is 14.8. The molecule has 1 aliphatic carbocycles. The fourth-order valence-electron chi connectivity index (χ4n) is 16.9. The number of hydrogen-bond donors (Lipinski definition) is 4. The number of piperidine rings is 1. The number of aliphatic hydroxyl groups excluding tert-OH is 1. The molecule has 4 aliphatic rings. The van der Waals surface area contributed by atoms with E-state index in [1.807, 2.05) is 106 Å². The van der Waals surface area contributed by atoms with Crippen LogP contribution in [0.2, 0.25) is 0 Å². The van der Waals surface area contributed by atoms with E-state index >= 15 is 0 Å². The zero-order chi connectivity index (χ0) is 92.6. The lowest BCUT2D eigenvalue weighted by molar-refractivity contribution is -0.265. The highest BCUT2D eigenvalue weighted by molar-refractivity contribution is 6.39. The van der Waals surface area contributed by atoms with Crippen molar-refractivity contribution >= 4 is 69.1 Å². The third-order valence-corrected chi connectivity index (χ3v) is 24.5. The van der Waals surface area contributed by atoms with Gasteiger partial charge in [-0.25, -0.2) is 24.1 Å². The number of nitrogen functional groups attached to an aromatic ring is 1. The molecule has 1 saturated carbocycles. The van der Waals surface area contributed by atoms with Crippen molar-refractivity contribution in [3.8, 4) is 11.3 Å². The first-order valence-corrected chi connectivity index (χ1v) is 46.2. The Morgan fingerprint density at radius 3 is 2.08 bits per heavy atom. The highest BCUT2D eigenvalue weighted by Gasteiger charge is 2.53. The Kier molecular flexibility index (Phi) is 44.8. The van der Waals surface area contributed by atoms with Gasteiger partial charge in [0.15, 0.2) is 17.0 Å². The molecule has 718 valence electrons. The van der Waals surface area contributed by atoms with Gasteiger partial charge in [0, 0.05) is 110 Å². The molecule has 35 heteroatoms. The molecule has 5 N–H and O–H groups in total. The predicted molar refractivity (Wildman–Crippen MR) is 482 cm³/mol. The van der Waals surface area contributed by atoms with Gasteiger partial charge in [0.05, 0.1) is 148 Å². The zero-order valence-electron chi connectivity index (χ0n) is 78.0. The van der Waals surface area contributed by atoms with Crippen LogP contribution in [-0.4, -0.2) is 305 Å². The van der Waals surface area contributed by atoms with Crippen molar-refractivity contribution < 1.29 is 110 Å². The molecule has 2 saturated heterocycles. The maximum absolute atomic E-state index is 14.8. The number of ether oxygens (including phenoxy) is 14. The number of esters is 1. The fourth-order valence-corrected chi connectivity index (χ4v) is 16.9. The minimum atomic E-state index is -2.46. The molecule has 1 aromatic carbocycles. The number of carbonyl (C=O) groups excluding carboxylic acids is 6. The highest BCUT2D eigenvalue weighted by atomic mass is 16.6. The van der Waals surface area contributed by atoms with Gasteiger partial charge >= 0.3 is 5.97 Å². The quantitative estimate of drug-likeness (QED) is 0.0122. The number of nitrogens with two attached hydrogens (primary N) is 1. The number of nitrogens with zero attached hydrogens (tertiary/aromatic N) is 10. The number of allylic oxidation sites excluding steroid dienone is 6. The number of benzene rings is 1. The zero-order valence-corrected chi connectivity index (χ0v) is 78.0. The first-order valence-electron chi connectivity index (χ1n) is 46.2. The molecule has 0 unspecified atom stereocenters. The van der Waals surface area contributed by atoms with Crippen LogP contribution < -0.4 is 16.0 Å². The molecule has 5 aromatic rings. The van der Waals surface area contributed by atoms with Crippen molar-refractivity contribution in [2.45, 2.75) is 232 Å². The SMILES string of the molecule is CO[C@H]1C[C@@H]2CC[C@@H](C)[C@@](O)(O2)C(=O)C(=O)N2CCCC[C@H]2C(=O)O[C@H]([C@H](C)C[C@@H]2CC[C@@H](OCCCCc3cn(CCOCCOCCOCCOCCOCCOCCOCCOCCC(=O)NCCCCn4nc(-c5ccc6oc(N)nc6c5)c5c(N(C)C)ncnc54)nn3)[C@H](OC)C2)CC(=O)[C@H](C)/C=C(\C)[C@@H](O)[C@@H](OC)C(=O)[C@H](C)C[C@H](C)/C=C/C=C/C=C/1C. The number of nitrogens with one attached hydrogen (secondary N) is 1. The van der Waals surface area contributed by atoms with Gasteiger partial charge in [-0.3, -0.25) is 24.0 Å². The maximum Gasteiger partial charge on any atom is 0.329 e. The van der Waals surface area contributed by atoms with E-state index in [1.54, 1.807) is 52.1 Å². The number of cyclic esters (lactones) is 1. The standard InChI is InChI=1S/C94H144N12O23/c1-63-22-14-13-15-23-64(2)79(115-10)59-73-29-26-69(7)94(114,129-73)88(111)91(112)105-34-19-16-25-75(105)92(113)127-80(60-76(107)65(3)55-68(6)86(110)87(117-12)85(109)67(5)54-63)66(4)56-70-27-30-78(81(57-70)116-11)126-37-21-17-24-72-61-104(102-100-72)36-39-119-41-43-121-45-47-123-49-51-125-53-52-124-50-48-122-46-44-120-42-40-118-38-32-82(108)96-33-18-20-35-106-90-83(89(103(8)9)97-62-98-90)84(101-106)71-28-31-77-74(58-71)99-93(95)128-77/h13-15,22-23,28,31,55,58,61-63,65-67,69-70,73,75,78-81,86-87,110,114H,16-21,24-27,29-30,32-54,56-57,59-60H2,1-12H3,(H2,95,99)(H,96,108)/b15-13+,22-14+,64-23+,68-55+/t63-,65-,66-,67-,69-,70+,73+,75+,78-,79+,80+,81-,86-,87+,94-/m1/s1. The van der Waals surface area contributed by atoms with E-state index in [0.717, 1.165) is 84.3 Å². The number of methoxy groups -OCH3 is 3. The molecule has 3 aliphatic heterocycles. The van der Waals surface area contributed by atoms with E-state index in [0.29, 0.717) is 200 Å². The topological polar surface area (TPSA) is 417 Å². The number of ketones is 3. The van der Waals surface area contributed by atoms with Crippen molar-refractivity contribution in [3.63, 3.8) is 0 Å². The highest BCUT2D eigenvalue weighted by Crippen LogP contribution is 2.40. The van der Waals surface area contributed by atoms with Crippen LogP contribution in [0.25, 0.3) is 33.4 Å². The Morgan fingerprint density at radius 1 is 0.729 bits per heavy atom. The van der Waals surface area contributed by atoms with Crippen LogP contribution in [0.3, 0.4) is 0 Å². The van der Waals surface area contributed by atoms with Crippen LogP contribution >= 0.6 is 0 Å². The smallest absolute Gasteiger partial charge is 0.329 e. The van der Waals surface area contributed by atoms with Crippen LogP contribution in [0.4, 0.5) is 11.8 Å². The van der Waals surface area contributed by atoms with Gasteiger partial charge in [0.2, 0.25) is 11.7 Å². The van der Waals surface area contributed by atoms with Crippen LogP contribution in [-0.2, 0) is 115 Å². The van der Waals surface area contributed by atoms with Crippen LogP contribution in [0, 0.1) is 35.5 Å². The second kappa shape index (κ2) is 55.3. The normalized spacial score (nSPS) is 26.3. The number of unbranched alkanes of at least 4 members (excludes halogenated alkanes) is 2. The van der Waals surface area contributed by atoms with Gasteiger partial charge in [-0.1, -0.05) is 76.3 Å². The molecule has 35 nitrogen and oxygen atoms in total. The largest absolute Gasteiger partial charge is 0.460 e. The van der Waals surface area contributed by atoms with Crippen LogP contribution in [0.5, 0.6) is 0 Å². The number of hydrogen-bond acceptors (Lipinski definition) is 31. The number of oxazole rings is 1. The Labute approximate surface area is 759 Å². The van der Waals surface area contributed by atoms with Gasteiger partial charge in [0.1, 0.15) is 53.5 Å². The number of Topliss-reactive ketones (excluding diaryl/α,β-unsaturated/α-hetero) is 3. The molecule has 3 fully saturated rings. The van der Waals surface area contributed by atoms with E-state index in [2.05, 4.69) is 30.6 Å². The van der Waals surface area contributed by atoms with Gasteiger partial charge in [0.25, 0.3) is 17.7 Å². The van der Waals surface area contributed by atoms with Gasteiger partial charge < -0.3 is 102 Å². The summed E-state index contributed by atoms with van der Waals surface area (Å²) >= 11 is 0. The van der Waals surface area contributed by atoms with Crippen molar-refractivity contribution in [1.82, 2.24) is 49.9 Å². The second-order valence-corrected chi connectivity index (χ2v) is 34.7. The number of aromatic nitrogens is 8. The Hall–Kier alpha value is -8.24. The number of fused-ring (bicyclic) bond motifs is 5. The van der Waals surface area contributed by atoms with E-state index in [-0.39, 0.29) is 79.3 Å². The predicted octanol–water partition coefficient (Wildman–Crippen LogP) is 9.53. The summed E-state index contributed by atoms with van der Waals surface area (Å²) in [7, 11) is 8.51. The monoisotopic (exact) mass is 1810 g/mol. The number of rotatable bonds is 46. The molecule has 15 atom stereocenters. The molecule has 7 heterocycles. The lowest BCUT2D eigenvalue weighted by atomic mass is 9.78. The minimum Gasteiger partial charge on any atom is -0.460 e. The van der Waals surface area contributed by atoms with E-state index < -0.39 is 77.8 Å². The van der Waals surface area contributed by atoms with E-state index in [9.17, 15) is 39.0 Å². The molecule has 0 radical (unpaired) electrons. The molecular weight excluding hydrogens is 1670 g/mol. The molecule has 0 spiro atoms. The van der Waals surface area contributed by atoms with Crippen molar-refractivity contribution in [3.05, 3.63) is 84.0 Å². The summed E-state index contributed by atoms with van der Waals surface area (Å²) in [5.74, 6) is -7.50. The molecule has 2 amide bonds. The van der Waals surface area contributed by atoms with Crippen molar-refractivity contribution in [2.75, 3.05) is 171 Å². The van der Waals surface area contributed by atoms with Crippen LogP contribution in [0.15, 0.2) is 82.7 Å². The third-order valence-electron chi connectivity index (χ3n) is 24.5. The average Bonchev–Trinajstić information content (AvgIpc) is 0.947. The lowest BCUT2D eigenvalue weighted by Crippen LogP contribution is -2.61. The Bertz CT molecular complexity index is 4380. The summed E-state index contributed by atoms with van der Waals surface area (Å²) in [6.07, 6.45) is 19.5. The Balaban J connectivity index is 0.584. The summed E-state index contributed by atoms with van der Waals surface area (Å²) in [4.78, 5) is 101. The summed E-state index contributed by atoms with van der Waals surface area (Å²) in [6.45, 7) is 21.7. The van der Waals surface area contributed by atoms with Gasteiger partial charge in [-0.2, -0.15) is 10.1 Å². The lowest BCUT2D eigenvalue weighted by Gasteiger charge is -2.42. The van der Waals surface area contributed by atoms with Gasteiger partial charge in [-0.15, -0.1) is 5.10 Å². The second-order valence-electron chi connectivity index (χ2n) is 34.7. The average molecular weight is 1810 g/mol. The Morgan fingerprint density at radius 2 is 1.41 bits per heavy atom. The van der Waals surface area contributed by atoms with Gasteiger partial charge in [-0.05, 0) is 157 Å².